The maximum Gasteiger partial charge on any atom is 0.319 e. The zero-order valence-electron chi connectivity index (χ0n) is 11.6. The summed E-state index contributed by atoms with van der Waals surface area (Å²) in [6, 6.07) is 7.69. The Bertz CT molecular complexity index is 396. The number of anilines is 1. The van der Waals surface area contributed by atoms with E-state index in [-0.39, 0.29) is 6.03 Å². The van der Waals surface area contributed by atoms with Crippen molar-refractivity contribution in [3.63, 3.8) is 0 Å². The first kappa shape index (κ1) is 13.9. The molecule has 0 atom stereocenters. The number of nitrogens with one attached hydrogen (secondary N) is 2. The summed E-state index contributed by atoms with van der Waals surface area (Å²) in [5, 5.41) is 5.74. The second-order valence-corrected chi connectivity index (χ2v) is 5.15. The van der Waals surface area contributed by atoms with E-state index in [4.69, 9.17) is 0 Å². The summed E-state index contributed by atoms with van der Waals surface area (Å²) in [6.45, 7) is 6.02. The van der Waals surface area contributed by atoms with E-state index in [9.17, 15) is 4.79 Å². The maximum atomic E-state index is 11.7. The van der Waals surface area contributed by atoms with E-state index in [2.05, 4.69) is 15.5 Å². The molecule has 2 rings (SSSR count). The SMILES string of the molecule is Cc1ccc(NC(=O)NCCN2CCCCC2)cc1. The molecule has 104 valence electrons. The quantitative estimate of drug-likeness (QED) is 0.875. The summed E-state index contributed by atoms with van der Waals surface area (Å²) in [7, 11) is 0. The van der Waals surface area contributed by atoms with E-state index in [0.29, 0.717) is 6.54 Å². The topological polar surface area (TPSA) is 44.4 Å². The fourth-order valence-corrected chi connectivity index (χ4v) is 2.32. The molecule has 0 aliphatic carbocycles. The van der Waals surface area contributed by atoms with Crippen LogP contribution in [-0.2, 0) is 0 Å². The van der Waals surface area contributed by atoms with Crippen molar-refractivity contribution in [2.45, 2.75) is 26.2 Å². The molecule has 0 spiro atoms. The molecule has 0 bridgehead atoms. The molecule has 0 aromatic heterocycles. The predicted molar refractivity (Wildman–Crippen MR) is 78.5 cm³/mol. The molecule has 0 unspecified atom stereocenters. The molecule has 1 aromatic rings. The summed E-state index contributed by atoms with van der Waals surface area (Å²) >= 11 is 0. The zero-order chi connectivity index (χ0) is 13.5. The Morgan fingerprint density at radius 3 is 2.53 bits per heavy atom. The molecule has 0 saturated carbocycles. The van der Waals surface area contributed by atoms with Gasteiger partial charge in [-0.3, -0.25) is 0 Å². The van der Waals surface area contributed by atoms with Crippen LogP contribution >= 0.6 is 0 Å². The van der Waals surface area contributed by atoms with Crippen LogP contribution in [0.5, 0.6) is 0 Å². The fourth-order valence-electron chi connectivity index (χ4n) is 2.32. The van der Waals surface area contributed by atoms with Crippen LogP contribution in [0.2, 0.25) is 0 Å². The highest BCUT2D eigenvalue weighted by Gasteiger charge is 2.09. The first-order chi connectivity index (χ1) is 9.24. The molecule has 1 aliphatic heterocycles. The average Bonchev–Trinajstić information content (AvgIpc) is 2.43. The number of likely N-dealkylation sites (tertiary alicyclic amines) is 1. The Hall–Kier alpha value is -1.55. The van der Waals surface area contributed by atoms with Crippen LogP contribution < -0.4 is 10.6 Å². The molecule has 1 aromatic carbocycles. The molecule has 2 amide bonds. The van der Waals surface area contributed by atoms with Gasteiger partial charge in [-0.15, -0.1) is 0 Å². The summed E-state index contributed by atoms with van der Waals surface area (Å²) < 4.78 is 0. The average molecular weight is 261 g/mol. The van der Waals surface area contributed by atoms with Gasteiger partial charge in [-0.1, -0.05) is 24.1 Å². The third-order valence-corrected chi connectivity index (χ3v) is 3.47. The maximum absolute atomic E-state index is 11.7. The molecule has 2 N–H and O–H groups in total. The van der Waals surface area contributed by atoms with Crippen LogP contribution in [-0.4, -0.2) is 37.1 Å². The lowest BCUT2D eigenvalue weighted by molar-refractivity contribution is 0.224. The van der Waals surface area contributed by atoms with Crippen LogP contribution in [0.15, 0.2) is 24.3 Å². The number of carbonyl (C=O) groups excluding carboxylic acids is 1. The third kappa shape index (κ3) is 4.91. The lowest BCUT2D eigenvalue weighted by Gasteiger charge is -2.26. The van der Waals surface area contributed by atoms with E-state index in [0.717, 1.165) is 12.2 Å². The molecule has 1 aliphatic rings. The summed E-state index contributed by atoms with van der Waals surface area (Å²) in [6.07, 6.45) is 3.92. The third-order valence-electron chi connectivity index (χ3n) is 3.47. The molecule has 4 heteroatoms. The molecule has 1 saturated heterocycles. The van der Waals surface area contributed by atoms with Crippen molar-refractivity contribution < 1.29 is 4.79 Å². The van der Waals surface area contributed by atoms with Gasteiger partial charge in [0.25, 0.3) is 0 Å². The van der Waals surface area contributed by atoms with Crippen LogP contribution in [0.25, 0.3) is 0 Å². The standard InChI is InChI=1S/C15H23N3O/c1-13-5-7-14(8-6-13)17-15(19)16-9-12-18-10-3-2-4-11-18/h5-8H,2-4,9-12H2,1H3,(H2,16,17,19). The number of hydrogen-bond donors (Lipinski definition) is 2. The van der Waals surface area contributed by atoms with Gasteiger partial charge in [0.2, 0.25) is 0 Å². The smallest absolute Gasteiger partial charge is 0.319 e. The van der Waals surface area contributed by atoms with Crippen molar-refractivity contribution in [3.05, 3.63) is 29.8 Å². The minimum Gasteiger partial charge on any atom is -0.337 e. The molecular weight excluding hydrogens is 238 g/mol. The molecule has 19 heavy (non-hydrogen) atoms. The lowest BCUT2D eigenvalue weighted by Crippen LogP contribution is -2.39. The van der Waals surface area contributed by atoms with Crippen LogP contribution in [0.1, 0.15) is 24.8 Å². The summed E-state index contributed by atoms with van der Waals surface area (Å²) in [5.41, 5.74) is 2.03. The van der Waals surface area contributed by atoms with Crippen LogP contribution in [0.3, 0.4) is 0 Å². The lowest BCUT2D eigenvalue weighted by atomic mass is 10.1. The normalized spacial score (nSPS) is 16.1. The number of amides is 2. The van der Waals surface area contributed by atoms with Gasteiger partial charge in [0.15, 0.2) is 0 Å². The van der Waals surface area contributed by atoms with Crippen LogP contribution in [0.4, 0.5) is 10.5 Å². The van der Waals surface area contributed by atoms with E-state index in [1.807, 2.05) is 31.2 Å². The minimum absolute atomic E-state index is 0.124. The number of aryl methyl sites for hydroxylation is 1. The Morgan fingerprint density at radius 1 is 1.16 bits per heavy atom. The number of rotatable bonds is 4. The van der Waals surface area contributed by atoms with E-state index in [1.54, 1.807) is 0 Å². The summed E-state index contributed by atoms with van der Waals surface area (Å²) in [5.74, 6) is 0. The van der Waals surface area contributed by atoms with Crippen molar-refractivity contribution in [2.75, 3.05) is 31.5 Å². The number of hydrogen-bond acceptors (Lipinski definition) is 2. The van der Waals surface area contributed by atoms with Gasteiger partial charge in [0.1, 0.15) is 0 Å². The zero-order valence-corrected chi connectivity index (χ0v) is 11.6. The van der Waals surface area contributed by atoms with Gasteiger partial charge in [-0.05, 0) is 45.0 Å². The van der Waals surface area contributed by atoms with Crippen molar-refractivity contribution in [2.24, 2.45) is 0 Å². The first-order valence-electron chi connectivity index (χ1n) is 7.08. The summed E-state index contributed by atoms with van der Waals surface area (Å²) in [4.78, 5) is 14.1. The van der Waals surface area contributed by atoms with Crippen LogP contribution in [0, 0.1) is 6.92 Å². The molecule has 4 nitrogen and oxygen atoms in total. The highest BCUT2D eigenvalue weighted by Crippen LogP contribution is 2.08. The van der Waals surface area contributed by atoms with Gasteiger partial charge in [0, 0.05) is 18.8 Å². The van der Waals surface area contributed by atoms with Crippen molar-refractivity contribution in [3.8, 4) is 0 Å². The monoisotopic (exact) mass is 261 g/mol. The van der Waals surface area contributed by atoms with E-state index < -0.39 is 0 Å². The molecule has 1 heterocycles. The van der Waals surface area contributed by atoms with Gasteiger partial charge >= 0.3 is 6.03 Å². The largest absolute Gasteiger partial charge is 0.337 e. The van der Waals surface area contributed by atoms with E-state index >= 15 is 0 Å². The highest BCUT2D eigenvalue weighted by molar-refractivity contribution is 5.89. The number of urea groups is 1. The Morgan fingerprint density at radius 2 is 1.84 bits per heavy atom. The van der Waals surface area contributed by atoms with E-state index in [1.165, 1.54) is 37.9 Å². The first-order valence-corrected chi connectivity index (χ1v) is 7.08. The highest BCUT2D eigenvalue weighted by atomic mass is 16.2. The second-order valence-electron chi connectivity index (χ2n) is 5.15. The second kappa shape index (κ2) is 7.14. The van der Waals surface area contributed by atoms with Gasteiger partial charge in [-0.2, -0.15) is 0 Å². The Kier molecular flexibility index (Phi) is 5.21. The van der Waals surface area contributed by atoms with Crippen molar-refractivity contribution in [1.29, 1.82) is 0 Å². The number of piperidine rings is 1. The fraction of sp³-hybridized carbons (Fsp3) is 0.533. The Labute approximate surface area is 115 Å². The molecule has 0 radical (unpaired) electrons. The Balaban J connectivity index is 1.65. The predicted octanol–water partition coefficient (Wildman–Crippen LogP) is 2.60. The minimum atomic E-state index is -0.124. The molecule has 1 fully saturated rings. The van der Waals surface area contributed by atoms with Gasteiger partial charge in [-0.25, -0.2) is 4.79 Å². The van der Waals surface area contributed by atoms with Crippen molar-refractivity contribution in [1.82, 2.24) is 10.2 Å². The van der Waals surface area contributed by atoms with Gasteiger partial charge in [0.05, 0.1) is 0 Å². The van der Waals surface area contributed by atoms with Crippen molar-refractivity contribution >= 4 is 11.7 Å². The molecular formula is C15H23N3O. The number of nitrogens with zero attached hydrogens (tertiary/aromatic N) is 1. The number of benzene rings is 1. The number of carbonyl (C=O) groups is 1. The van der Waals surface area contributed by atoms with Gasteiger partial charge < -0.3 is 15.5 Å².